The average Bonchev–Trinajstić information content (AvgIpc) is 2.98. The van der Waals surface area contributed by atoms with E-state index >= 15 is 0 Å². The second kappa shape index (κ2) is 5.85. The third-order valence-electron chi connectivity index (χ3n) is 3.33. The van der Waals surface area contributed by atoms with E-state index in [-0.39, 0.29) is 4.75 Å². The number of fused-ring (bicyclic) bond motifs is 1. The van der Waals surface area contributed by atoms with Gasteiger partial charge in [-0.25, -0.2) is 4.98 Å². The van der Waals surface area contributed by atoms with Crippen LogP contribution < -0.4 is 0 Å². The van der Waals surface area contributed by atoms with Crippen LogP contribution in [0.2, 0.25) is 0 Å². The Kier molecular flexibility index (Phi) is 4.40. The van der Waals surface area contributed by atoms with Crippen LogP contribution in [0.25, 0.3) is 10.2 Å². The number of aromatic nitrogens is 1. The quantitative estimate of drug-likeness (QED) is 0.796. The molecular weight excluding hydrogens is 262 g/mol. The molecule has 1 atom stereocenters. The zero-order chi connectivity index (χ0) is 13.0. The van der Waals surface area contributed by atoms with E-state index in [0.717, 1.165) is 31.2 Å². The van der Waals surface area contributed by atoms with Gasteiger partial charge < -0.3 is 0 Å². The van der Waals surface area contributed by atoms with Crippen molar-refractivity contribution in [2.75, 3.05) is 0 Å². The molecule has 4 heteroatoms. The standard InChI is InChI=1S/C7H5NS.C7H12OS/c1-2-4-7-6(3-1)8-5-9-7;1-2-7(9)5-3-4-6(7)8/h1-5H;9H,2-5H2,1H3. The summed E-state index contributed by atoms with van der Waals surface area (Å²) >= 11 is 6.00. The molecule has 2 nitrogen and oxygen atoms in total. The smallest absolute Gasteiger partial charge is 0.148 e. The van der Waals surface area contributed by atoms with Crippen LogP contribution in [-0.4, -0.2) is 15.5 Å². The van der Waals surface area contributed by atoms with Gasteiger partial charge in [0, 0.05) is 6.42 Å². The van der Waals surface area contributed by atoms with E-state index in [1.807, 2.05) is 30.6 Å². The number of hydrogen-bond acceptors (Lipinski definition) is 4. The lowest BCUT2D eigenvalue weighted by molar-refractivity contribution is -0.119. The van der Waals surface area contributed by atoms with E-state index in [2.05, 4.69) is 23.7 Å². The summed E-state index contributed by atoms with van der Waals surface area (Å²) in [6.07, 6.45) is 3.65. The number of hydrogen-bond donors (Lipinski definition) is 1. The van der Waals surface area contributed by atoms with Crippen molar-refractivity contribution >= 4 is 40.0 Å². The maximum absolute atomic E-state index is 11.1. The van der Waals surface area contributed by atoms with Crippen molar-refractivity contribution in [2.24, 2.45) is 0 Å². The van der Waals surface area contributed by atoms with Gasteiger partial charge in [-0.05, 0) is 31.4 Å². The third kappa shape index (κ3) is 2.93. The molecule has 0 saturated heterocycles. The average molecular weight is 279 g/mol. The fourth-order valence-corrected chi connectivity index (χ4v) is 3.04. The molecular formula is C14H17NOS2. The van der Waals surface area contributed by atoms with Crippen LogP contribution in [0.4, 0.5) is 0 Å². The normalized spacial score (nSPS) is 22.9. The minimum absolute atomic E-state index is 0.250. The molecule has 96 valence electrons. The van der Waals surface area contributed by atoms with Crippen LogP contribution in [0.15, 0.2) is 29.8 Å². The highest BCUT2D eigenvalue weighted by Gasteiger charge is 2.36. The molecule has 3 rings (SSSR count). The number of benzene rings is 1. The maximum atomic E-state index is 11.1. The molecule has 1 aromatic heterocycles. The predicted octanol–water partition coefficient (Wildman–Crippen LogP) is 4.11. The van der Waals surface area contributed by atoms with E-state index in [9.17, 15) is 4.79 Å². The summed E-state index contributed by atoms with van der Waals surface area (Å²) < 4.78 is 1.01. The Morgan fingerprint density at radius 3 is 2.78 bits per heavy atom. The van der Waals surface area contributed by atoms with Crippen LogP contribution >= 0.6 is 24.0 Å². The monoisotopic (exact) mass is 279 g/mol. The van der Waals surface area contributed by atoms with Crippen molar-refractivity contribution in [3.63, 3.8) is 0 Å². The summed E-state index contributed by atoms with van der Waals surface area (Å²) in [4.78, 5) is 15.2. The van der Waals surface area contributed by atoms with Crippen molar-refractivity contribution in [1.29, 1.82) is 0 Å². The molecule has 1 aliphatic rings. The Hall–Kier alpha value is -0.870. The number of thiol groups is 1. The Morgan fingerprint density at radius 1 is 1.44 bits per heavy atom. The number of rotatable bonds is 1. The zero-order valence-corrected chi connectivity index (χ0v) is 12.1. The Morgan fingerprint density at radius 2 is 2.22 bits per heavy atom. The topological polar surface area (TPSA) is 30.0 Å². The van der Waals surface area contributed by atoms with Crippen molar-refractivity contribution in [2.45, 2.75) is 37.4 Å². The number of Topliss-reactive ketones (excluding diaryl/α,β-unsaturated/α-hetero) is 1. The zero-order valence-electron chi connectivity index (χ0n) is 10.4. The number of ketones is 1. The first kappa shape index (κ1) is 13.6. The molecule has 1 aliphatic carbocycles. The molecule has 0 bridgehead atoms. The molecule has 0 amide bonds. The molecule has 1 heterocycles. The highest BCUT2D eigenvalue weighted by atomic mass is 32.1. The van der Waals surface area contributed by atoms with Gasteiger partial charge in [0.05, 0.1) is 20.5 Å². The molecule has 1 unspecified atom stereocenters. The largest absolute Gasteiger partial charge is 0.298 e. The van der Waals surface area contributed by atoms with Crippen LogP contribution in [0.3, 0.4) is 0 Å². The Bertz CT molecular complexity index is 507. The van der Waals surface area contributed by atoms with Gasteiger partial charge in [-0.3, -0.25) is 4.79 Å². The first-order valence-corrected chi connectivity index (χ1v) is 7.52. The number of carbonyl (C=O) groups excluding carboxylic acids is 1. The number of para-hydroxylation sites is 1. The molecule has 2 aromatic rings. The summed E-state index contributed by atoms with van der Waals surface area (Å²) in [5, 5.41) is 0. The van der Waals surface area contributed by atoms with E-state index in [4.69, 9.17) is 0 Å². The van der Waals surface area contributed by atoms with Gasteiger partial charge >= 0.3 is 0 Å². The lowest BCUT2D eigenvalue weighted by Crippen LogP contribution is -2.24. The van der Waals surface area contributed by atoms with E-state index in [0.29, 0.717) is 5.78 Å². The van der Waals surface area contributed by atoms with Crippen molar-refractivity contribution in [1.82, 2.24) is 4.98 Å². The van der Waals surface area contributed by atoms with Crippen LogP contribution in [0.5, 0.6) is 0 Å². The maximum Gasteiger partial charge on any atom is 0.148 e. The second-order valence-electron chi connectivity index (χ2n) is 4.48. The molecule has 1 saturated carbocycles. The van der Waals surface area contributed by atoms with Crippen LogP contribution in [0, 0.1) is 0 Å². The fraction of sp³-hybridized carbons (Fsp3) is 0.429. The molecule has 1 fully saturated rings. The lowest BCUT2D eigenvalue weighted by Gasteiger charge is -2.16. The molecule has 0 radical (unpaired) electrons. The first-order valence-electron chi connectivity index (χ1n) is 6.19. The van der Waals surface area contributed by atoms with Crippen molar-refractivity contribution < 1.29 is 4.79 Å². The Balaban J connectivity index is 0.000000134. The van der Waals surface area contributed by atoms with Gasteiger partial charge in [-0.1, -0.05) is 19.1 Å². The van der Waals surface area contributed by atoms with Gasteiger partial charge in [0.1, 0.15) is 5.78 Å². The molecule has 1 aromatic carbocycles. The van der Waals surface area contributed by atoms with Gasteiger partial charge in [0.25, 0.3) is 0 Å². The van der Waals surface area contributed by atoms with Crippen molar-refractivity contribution in [3.8, 4) is 0 Å². The molecule has 0 N–H and O–H groups in total. The molecule has 0 aliphatic heterocycles. The van der Waals surface area contributed by atoms with Crippen LogP contribution in [0.1, 0.15) is 32.6 Å². The number of thiazole rings is 1. The molecule has 18 heavy (non-hydrogen) atoms. The third-order valence-corrected chi connectivity index (χ3v) is 4.93. The SMILES string of the molecule is CCC1(S)CCCC1=O.c1ccc2scnc2c1. The predicted molar refractivity (Wildman–Crippen MR) is 80.5 cm³/mol. The van der Waals surface area contributed by atoms with Gasteiger partial charge in [0.15, 0.2) is 0 Å². The summed E-state index contributed by atoms with van der Waals surface area (Å²) in [5.74, 6) is 0.341. The molecule has 0 spiro atoms. The van der Waals surface area contributed by atoms with Gasteiger partial charge in [-0.2, -0.15) is 12.6 Å². The second-order valence-corrected chi connectivity index (χ2v) is 6.22. The summed E-state index contributed by atoms with van der Waals surface area (Å²) in [5.41, 5.74) is 2.97. The highest BCUT2D eigenvalue weighted by molar-refractivity contribution is 7.82. The summed E-state index contributed by atoms with van der Waals surface area (Å²) in [7, 11) is 0. The van der Waals surface area contributed by atoms with Crippen molar-refractivity contribution in [3.05, 3.63) is 29.8 Å². The van der Waals surface area contributed by atoms with E-state index < -0.39 is 0 Å². The fourth-order valence-electron chi connectivity index (χ4n) is 2.09. The first-order chi connectivity index (χ1) is 8.65. The van der Waals surface area contributed by atoms with Crippen LogP contribution in [-0.2, 0) is 4.79 Å². The van der Waals surface area contributed by atoms with Gasteiger partial charge in [0.2, 0.25) is 0 Å². The van der Waals surface area contributed by atoms with Gasteiger partial charge in [-0.15, -0.1) is 11.3 Å². The Labute approximate surface area is 117 Å². The van der Waals surface area contributed by atoms with E-state index in [1.165, 1.54) is 4.70 Å². The minimum Gasteiger partial charge on any atom is -0.298 e. The number of carbonyl (C=O) groups is 1. The minimum atomic E-state index is -0.250. The van der Waals surface area contributed by atoms with E-state index in [1.54, 1.807) is 11.3 Å². The number of nitrogens with zero attached hydrogens (tertiary/aromatic N) is 1. The summed E-state index contributed by atoms with van der Waals surface area (Å²) in [6, 6.07) is 8.13. The lowest BCUT2D eigenvalue weighted by atomic mass is 10.0. The highest BCUT2D eigenvalue weighted by Crippen LogP contribution is 2.34. The summed E-state index contributed by atoms with van der Waals surface area (Å²) in [6.45, 7) is 2.02.